The molecular weight excluding hydrogens is 264 g/mol. The van der Waals surface area contributed by atoms with Crippen molar-refractivity contribution in [2.24, 2.45) is 0 Å². The molecule has 0 aromatic heterocycles. The first-order valence-electron chi connectivity index (χ1n) is 6.47. The first-order chi connectivity index (χ1) is 8.56. The van der Waals surface area contributed by atoms with Crippen molar-refractivity contribution in [2.75, 3.05) is 14.1 Å². The van der Waals surface area contributed by atoms with Gasteiger partial charge in [0.2, 0.25) is 5.78 Å². The molecular formula is C14H21ClN2O2. The Morgan fingerprint density at radius 3 is 2.32 bits per heavy atom. The molecule has 1 fully saturated rings. The van der Waals surface area contributed by atoms with Gasteiger partial charge in [-0.25, -0.2) is 0 Å². The molecule has 0 radical (unpaired) electrons. The fourth-order valence-corrected chi connectivity index (χ4v) is 2.58. The van der Waals surface area contributed by atoms with E-state index in [0.717, 1.165) is 25.7 Å². The van der Waals surface area contributed by atoms with Crippen LogP contribution in [-0.2, 0) is 9.59 Å². The third kappa shape index (κ3) is 4.18. The van der Waals surface area contributed by atoms with Gasteiger partial charge < -0.3 is 10.2 Å². The molecule has 0 bridgehead atoms. The van der Waals surface area contributed by atoms with Crippen LogP contribution in [0.1, 0.15) is 25.7 Å². The number of carbonyl (C=O) groups is 2. The van der Waals surface area contributed by atoms with Crippen molar-refractivity contribution >= 4 is 24.0 Å². The third-order valence-corrected chi connectivity index (χ3v) is 3.74. The Morgan fingerprint density at radius 1 is 1.11 bits per heavy atom. The number of nitrogens with one attached hydrogen (secondary N) is 1. The summed E-state index contributed by atoms with van der Waals surface area (Å²) >= 11 is 0. The fourth-order valence-electron chi connectivity index (χ4n) is 2.58. The number of hydrogen-bond donors (Lipinski definition) is 1. The number of carbonyl (C=O) groups excluding carboxylic acids is 2. The van der Waals surface area contributed by atoms with Crippen molar-refractivity contribution in [1.29, 1.82) is 0 Å². The Labute approximate surface area is 120 Å². The molecule has 0 saturated heterocycles. The SMILES string of the molecule is CN(C)C1CCC(NC2=CC(=O)C=CC2=O)CC1.Cl. The van der Waals surface area contributed by atoms with Gasteiger partial charge in [0.1, 0.15) is 0 Å². The summed E-state index contributed by atoms with van der Waals surface area (Å²) < 4.78 is 0. The summed E-state index contributed by atoms with van der Waals surface area (Å²) in [6.07, 6.45) is 8.43. The van der Waals surface area contributed by atoms with Crippen LogP contribution in [0.5, 0.6) is 0 Å². The molecule has 0 unspecified atom stereocenters. The highest BCUT2D eigenvalue weighted by Crippen LogP contribution is 2.22. The predicted molar refractivity (Wildman–Crippen MR) is 77.4 cm³/mol. The van der Waals surface area contributed by atoms with Crippen LogP contribution >= 0.6 is 12.4 Å². The van der Waals surface area contributed by atoms with Gasteiger partial charge in [-0.1, -0.05) is 0 Å². The third-order valence-electron chi connectivity index (χ3n) is 3.74. The molecule has 2 aliphatic carbocycles. The Balaban J connectivity index is 0.00000180. The highest BCUT2D eigenvalue weighted by atomic mass is 35.5. The zero-order valence-electron chi connectivity index (χ0n) is 11.4. The zero-order chi connectivity index (χ0) is 13.1. The lowest BCUT2D eigenvalue weighted by Crippen LogP contribution is -2.40. The van der Waals surface area contributed by atoms with Crippen LogP contribution < -0.4 is 5.32 Å². The quantitative estimate of drug-likeness (QED) is 0.797. The molecule has 1 N–H and O–H groups in total. The number of rotatable bonds is 3. The maximum absolute atomic E-state index is 11.6. The number of hydrogen-bond acceptors (Lipinski definition) is 4. The lowest BCUT2D eigenvalue weighted by atomic mass is 9.90. The minimum Gasteiger partial charge on any atom is -0.379 e. The van der Waals surface area contributed by atoms with E-state index < -0.39 is 0 Å². The summed E-state index contributed by atoms with van der Waals surface area (Å²) in [6.45, 7) is 0. The van der Waals surface area contributed by atoms with Crippen LogP contribution in [0.25, 0.3) is 0 Å². The molecule has 1 saturated carbocycles. The molecule has 19 heavy (non-hydrogen) atoms. The largest absolute Gasteiger partial charge is 0.379 e. The molecule has 0 heterocycles. The maximum Gasteiger partial charge on any atom is 0.201 e. The van der Waals surface area contributed by atoms with E-state index in [1.807, 2.05) is 0 Å². The van der Waals surface area contributed by atoms with Gasteiger partial charge in [-0.2, -0.15) is 0 Å². The average Bonchev–Trinajstić information content (AvgIpc) is 2.34. The highest BCUT2D eigenvalue weighted by Gasteiger charge is 2.24. The molecule has 4 nitrogen and oxygen atoms in total. The maximum atomic E-state index is 11.6. The lowest BCUT2D eigenvalue weighted by Gasteiger charge is -2.33. The average molecular weight is 285 g/mol. The van der Waals surface area contributed by atoms with E-state index >= 15 is 0 Å². The van der Waals surface area contributed by atoms with Gasteiger partial charge in [-0.15, -0.1) is 12.4 Å². The molecule has 0 aromatic rings. The second kappa shape index (κ2) is 6.87. The van der Waals surface area contributed by atoms with E-state index in [0.29, 0.717) is 17.8 Å². The summed E-state index contributed by atoms with van der Waals surface area (Å²) in [7, 11) is 4.21. The number of halogens is 1. The van der Waals surface area contributed by atoms with Crippen LogP contribution in [-0.4, -0.2) is 42.6 Å². The number of allylic oxidation sites excluding steroid dienone is 3. The monoisotopic (exact) mass is 284 g/mol. The van der Waals surface area contributed by atoms with Crippen molar-refractivity contribution < 1.29 is 9.59 Å². The molecule has 0 aliphatic heterocycles. The zero-order valence-corrected chi connectivity index (χ0v) is 12.2. The second-order valence-corrected chi connectivity index (χ2v) is 5.27. The first kappa shape index (κ1) is 15.9. The van der Waals surface area contributed by atoms with Crippen molar-refractivity contribution in [3.63, 3.8) is 0 Å². The molecule has 5 heteroatoms. The summed E-state index contributed by atoms with van der Waals surface area (Å²) in [5.74, 6) is -0.205. The molecule has 106 valence electrons. The van der Waals surface area contributed by atoms with Crippen LogP contribution in [0.15, 0.2) is 23.9 Å². The van der Waals surface area contributed by atoms with Crippen LogP contribution in [0.3, 0.4) is 0 Å². The Kier molecular flexibility index (Phi) is 5.76. The molecule has 0 atom stereocenters. The lowest BCUT2D eigenvalue weighted by molar-refractivity contribution is -0.114. The van der Waals surface area contributed by atoms with Crippen molar-refractivity contribution in [3.8, 4) is 0 Å². The summed E-state index contributed by atoms with van der Waals surface area (Å²) in [5.41, 5.74) is 0.454. The molecule has 0 spiro atoms. The Bertz CT molecular complexity index is 408. The first-order valence-corrected chi connectivity index (χ1v) is 6.47. The van der Waals surface area contributed by atoms with E-state index in [4.69, 9.17) is 0 Å². The van der Waals surface area contributed by atoms with Gasteiger partial charge in [0.05, 0.1) is 5.70 Å². The normalized spacial score (nSPS) is 27.0. The van der Waals surface area contributed by atoms with Crippen molar-refractivity contribution in [1.82, 2.24) is 10.2 Å². The minimum atomic E-state index is -0.112. The van der Waals surface area contributed by atoms with Gasteiger partial charge in [0.25, 0.3) is 0 Å². The van der Waals surface area contributed by atoms with E-state index in [1.165, 1.54) is 18.2 Å². The smallest absolute Gasteiger partial charge is 0.201 e. The van der Waals surface area contributed by atoms with Gasteiger partial charge >= 0.3 is 0 Å². The second-order valence-electron chi connectivity index (χ2n) is 5.27. The Morgan fingerprint density at radius 2 is 1.74 bits per heavy atom. The van der Waals surface area contributed by atoms with Gasteiger partial charge in [-0.3, -0.25) is 9.59 Å². The minimum absolute atomic E-state index is 0. The number of nitrogens with zero attached hydrogens (tertiary/aromatic N) is 1. The van der Waals surface area contributed by atoms with Crippen molar-refractivity contribution in [3.05, 3.63) is 23.9 Å². The number of ketones is 2. The van der Waals surface area contributed by atoms with E-state index in [2.05, 4.69) is 24.3 Å². The van der Waals surface area contributed by atoms with Crippen LogP contribution in [0, 0.1) is 0 Å². The molecule has 0 amide bonds. The summed E-state index contributed by atoms with van der Waals surface area (Å²) in [4.78, 5) is 25.1. The highest BCUT2D eigenvalue weighted by molar-refractivity contribution is 6.16. The molecule has 0 aromatic carbocycles. The van der Waals surface area contributed by atoms with Crippen molar-refractivity contribution in [2.45, 2.75) is 37.8 Å². The topological polar surface area (TPSA) is 49.4 Å². The van der Waals surface area contributed by atoms with E-state index in [9.17, 15) is 9.59 Å². The van der Waals surface area contributed by atoms with Gasteiger partial charge in [0.15, 0.2) is 5.78 Å². The van der Waals surface area contributed by atoms with Gasteiger partial charge in [-0.05, 0) is 51.9 Å². The summed E-state index contributed by atoms with van der Waals surface area (Å²) in [6, 6.07) is 0.955. The van der Waals surface area contributed by atoms with Crippen LogP contribution in [0.2, 0.25) is 0 Å². The van der Waals surface area contributed by atoms with E-state index in [1.54, 1.807) is 0 Å². The predicted octanol–water partition coefficient (Wildman–Crippen LogP) is 1.46. The standard InChI is InChI=1S/C14H20N2O2.ClH/c1-16(2)11-5-3-10(4-6-11)15-13-9-12(17)7-8-14(13)18;/h7-11,15H,3-6H2,1-2H3;1H. The summed E-state index contributed by atoms with van der Waals surface area (Å²) in [5, 5.41) is 3.22. The van der Waals surface area contributed by atoms with Gasteiger partial charge in [0, 0.05) is 18.2 Å². The molecule has 2 rings (SSSR count). The molecule has 2 aliphatic rings. The fraction of sp³-hybridized carbons (Fsp3) is 0.571. The Hall–Kier alpha value is -1.13. The van der Waals surface area contributed by atoms with Crippen LogP contribution in [0.4, 0.5) is 0 Å². The van der Waals surface area contributed by atoms with E-state index in [-0.39, 0.29) is 24.0 Å².